The molecule has 1 aromatic carbocycles. The maximum Gasteiger partial charge on any atom is 0.514 e. The Bertz CT molecular complexity index is 408. The van der Waals surface area contributed by atoms with E-state index in [1.807, 2.05) is 19.1 Å². The van der Waals surface area contributed by atoms with E-state index >= 15 is 0 Å². The summed E-state index contributed by atoms with van der Waals surface area (Å²) < 4.78 is 9.82. The standard InChI is InChI=1S/C14H18O3/c1-5-8-16-14(15)17-13-7-6-12(10(2)3)9-11(13)4/h5-7,9-10H,1,8H2,2-4H3. The zero-order valence-electron chi connectivity index (χ0n) is 10.5. The van der Waals surface area contributed by atoms with Crippen LogP contribution < -0.4 is 4.74 Å². The van der Waals surface area contributed by atoms with Crippen molar-refractivity contribution in [3.8, 4) is 5.75 Å². The Morgan fingerprint density at radius 1 is 1.47 bits per heavy atom. The van der Waals surface area contributed by atoms with Crippen LogP contribution in [0.3, 0.4) is 0 Å². The molecular weight excluding hydrogens is 216 g/mol. The number of carbonyl (C=O) groups excluding carboxylic acids is 1. The summed E-state index contributed by atoms with van der Waals surface area (Å²) in [6, 6.07) is 5.76. The van der Waals surface area contributed by atoms with Gasteiger partial charge in [-0.3, -0.25) is 0 Å². The minimum Gasteiger partial charge on any atom is -0.430 e. The quantitative estimate of drug-likeness (QED) is 0.451. The zero-order chi connectivity index (χ0) is 12.8. The summed E-state index contributed by atoms with van der Waals surface area (Å²) in [5.41, 5.74) is 2.14. The number of hydrogen-bond acceptors (Lipinski definition) is 3. The Kier molecular flexibility index (Phi) is 4.76. The fourth-order valence-corrected chi connectivity index (χ4v) is 1.39. The maximum atomic E-state index is 11.3. The van der Waals surface area contributed by atoms with Gasteiger partial charge in [-0.25, -0.2) is 4.79 Å². The molecular formula is C14H18O3. The number of aryl methyl sites for hydroxylation is 1. The van der Waals surface area contributed by atoms with Gasteiger partial charge in [-0.1, -0.05) is 38.6 Å². The molecule has 1 aromatic rings. The van der Waals surface area contributed by atoms with Crippen molar-refractivity contribution in [3.63, 3.8) is 0 Å². The SMILES string of the molecule is C=CCOC(=O)Oc1ccc(C(C)C)cc1C. The lowest BCUT2D eigenvalue weighted by Gasteiger charge is -2.10. The molecule has 0 atom stereocenters. The van der Waals surface area contributed by atoms with Crippen LogP contribution in [0.15, 0.2) is 30.9 Å². The molecule has 0 amide bonds. The van der Waals surface area contributed by atoms with Crippen molar-refractivity contribution in [1.82, 2.24) is 0 Å². The van der Waals surface area contributed by atoms with Crippen LogP contribution in [-0.4, -0.2) is 12.8 Å². The normalized spacial score (nSPS) is 10.1. The first-order chi connectivity index (χ1) is 8.04. The molecule has 0 aromatic heterocycles. The molecule has 0 fully saturated rings. The van der Waals surface area contributed by atoms with Gasteiger partial charge in [-0.2, -0.15) is 0 Å². The first kappa shape index (κ1) is 13.3. The fraction of sp³-hybridized carbons (Fsp3) is 0.357. The Morgan fingerprint density at radius 3 is 2.71 bits per heavy atom. The highest BCUT2D eigenvalue weighted by molar-refractivity contribution is 5.64. The van der Waals surface area contributed by atoms with Crippen molar-refractivity contribution >= 4 is 6.16 Å². The van der Waals surface area contributed by atoms with Crippen LogP contribution in [0.25, 0.3) is 0 Å². The van der Waals surface area contributed by atoms with Gasteiger partial charge in [0, 0.05) is 0 Å². The van der Waals surface area contributed by atoms with Gasteiger partial charge in [0.2, 0.25) is 0 Å². The molecule has 0 radical (unpaired) electrons. The zero-order valence-corrected chi connectivity index (χ0v) is 10.5. The summed E-state index contributed by atoms with van der Waals surface area (Å²) >= 11 is 0. The summed E-state index contributed by atoms with van der Waals surface area (Å²) in [5.74, 6) is 0.985. The average molecular weight is 234 g/mol. The number of ether oxygens (including phenoxy) is 2. The van der Waals surface area contributed by atoms with Crippen molar-refractivity contribution in [3.05, 3.63) is 42.0 Å². The highest BCUT2D eigenvalue weighted by Crippen LogP contribution is 2.23. The maximum absolute atomic E-state index is 11.3. The molecule has 0 aliphatic rings. The third-order valence-corrected chi connectivity index (χ3v) is 2.38. The van der Waals surface area contributed by atoms with Gasteiger partial charge in [0.1, 0.15) is 12.4 Å². The second-order valence-electron chi connectivity index (χ2n) is 4.13. The van der Waals surface area contributed by atoms with E-state index in [0.717, 1.165) is 5.56 Å². The van der Waals surface area contributed by atoms with Gasteiger partial charge in [0.15, 0.2) is 0 Å². The van der Waals surface area contributed by atoms with E-state index in [1.165, 1.54) is 11.6 Å². The molecule has 3 heteroatoms. The summed E-state index contributed by atoms with van der Waals surface area (Å²) in [6.45, 7) is 9.75. The van der Waals surface area contributed by atoms with Crippen LogP contribution in [0, 0.1) is 6.92 Å². The van der Waals surface area contributed by atoms with Crippen molar-refractivity contribution in [1.29, 1.82) is 0 Å². The van der Waals surface area contributed by atoms with Gasteiger partial charge >= 0.3 is 6.16 Å². The van der Waals surface area contributed by atoms with Crippen molar-refractivity contribution < 1.29 is 14.3 Å². The van der Waals surface area contributed by atoms with Crippen molar-refractivity contribution in [2.24, 2.45) is 0 Å². The third-order valence-electron chi connectivity index (χ3n) is 2.38. The minimum atomic E-state index is -0.703. The van der Waals surface area contributed by atoms with Crippen molar-refractivity contribution in [2.75, 3.05) is 6.61 Å². The van der Waals surface area contributed by atoms with Crippen LogP contribution in [0.5, 0.6) is 5.75 Å². The van der Waals surface area contributed by atoms with E-state index in [1.54, 1.807) is 6.07 Å². The monoisotopic (exact) mass is 234 g/mol. The Labute approximate surface area is 102 Å². The lowest BCUT2D eigenvalue weighted by Crippen LogP contribution is -2.11. The van der Waals surface area contributed by atoms with Gasteiger partial charge in [-0.05, 0) is 30.0 Å². The van der Waals surface area contributed by atoms with Crippen LogP contribution in [0.1, 0.15) is 30.9 Å². The van der Waals surface area contributed by atoms with E-state index in [2.05, 4.69) is 20.4 Å². The summed E-state index contributed by atoms with van der Waals surface area (Å²) in [5, 5.41) is 0. The summed E-state index contributed by atoms with van der Waals surface area (Å²) in [7, 11) is 0. The Balaban J connectivity index is 2.72. The number of hydrogen-bond donors (Lipinski definition) is 0. The highest BCUT2D eigenvalue weighted by atomic mass is 16.7. The van der Waals surface area contributed by atoms with E-state index in [-0.39, 0.29) is 6.61 Å². The second kappa shape index (κ2) is 6.09. The highest BCUT2D eigenvalue weighted by Gasteiger charge is 2.09. The Morgan fingerprint density at radius 2 is 2.18 bits per heavy atom. The van der Waals surface area contributed by atoms with Crippen LogP contribution in [-0.2, 0) is 4.74 Å². The molecule has 0 aliphatic heterocycles. The smallest absolute Gasteiger partial charge is 0.430 e. The predicted octanol–water partition coefficient (Wildman–Crippen LogP) is 3.82. The van der Waals surface area contributed by atoms with E-state index in [4.69, 9.17) is 9.47 Å². The molecule has 0 saturated carbocycles. The topological polar surface area (TPSA) is 35.5 Å². The third kappa shape index (κ3) is 3.94. The summed E-state index contributed by atoms with van der Waals surface area (Å²) in [4.78, 5) is 11.3. The minimum absolute atomic E-state index is 0.155. The Hall–Kier alpha value is -1.77. The molecule has 1 rings (SSSR count). The molecule has 3 nitrogen and oxygen atoms in total. The molecule has 0 aliphatic carbocycles. The molecule has 0 saturated heterocycles. The number of rotatable bonds is 4. The first-order valence-corrected chi connectivity index (χ1v) is 5.60. The second-order valence-corrected chi connectivity index (χ2v) is 4.13. The average Bonchev–Trinajstić information content (AvgIpc) is 2.28. The van der Waals surface area contributed by atoms with Crippen LogP contribution in [0.4, 0.5) is 4.79 Å². The molecule has 17 heavy (non-hydrogen) atoms. The van der Waals surface area contributed by atoms with Crippen LogP contribution in [0.2, 0.25) is 0 Å². The number of carbonyl (C=O) groups is 1. The molecule has 92 valence electrons. The lowest BCUT2D eigenvalue weighted by atomic mass is 10.0. The molecule has 0 bridgehead atoms. The lowest BCUT2D eigenvalue weighted by molar-refractivity contribution is 0.109. The van der Waals surface area contributed by atoms with E-state index in [9.17, 15) is 4.79 Å². The van der Waals surface area contributed by atoms with Gasteiger partial charge in [0.05, 0.1) is 0 Å². The van der Waals surface area contributed by atoms with Gasteiger partial charge in [0.25, 0.3) is 0 Å². The first-order valence-electron chi connectivity index (χ1n) is 5.60. The predicted molar refractivity (Wildman–Crippen MR) is 67.4 cm³/mol. The molecule has 0 spiro atoms. The van der Waals surface area contributed by atoms with Gasteiger partial charge in [-0.15, -0.1) is 0 Å². The van der Waals surface area contributed by atoms with E-state index in [0.29, 0.717) is 11.7 Å². The van der Waals surface area contributed by atoms with Gasteiger partial charge < -0.3 is 9.47 Å². The largest absolute Gasteiger partial charge is 0.514 e. The molecule has 0 N–H and O–H groups in total. The van der Waals surface area contributed by atoms with Crippen molar-refractivity contribution in [2.45, 2.75) is 26.7 Å². The van der Waals surface area contributed by atoms with E-state index < -0.39 is 6.16 Å². The summed E-state index contributed by atoms with van der Waals surface area (Å²) in [6.07, 6.45) is 0.793. The fourth-order valence-electron chi connectivity index (χ4n) is 1.39. The number of benzene rings is 1. The molecule has 0 heterocycles. The van der Waals surface area contributed by atoms with Crippen LogP contribution >= 0.6 is 0 Å². The molecule has 0 unspecified atom stereocenters.